The van der Waals surface area contributed by atoms with Crippen molar-refractivity contribution in [1.82, 2.24) is 5.32 Å². The van der Waals surface area contributed by atoms with Gasteiger partial charge in [0.15, 0.2) is 6.61 Å². The highest BCUT2D eigenvalue weighted by Gasteiger charge is 2.16. The van der Waals surface area contributed by atoms with Crippen molar-refractivity contribution in [3.63, 3.8) is 0 Å². The van der Waals surface area contributed by atoms with Crippen LogP contribution in [0, 0.1) is 0 Å². The molecule has 2 N–H and O–H groups in total. The molecule has 5 heteroatoms. The number of ether oxygens (including phenoxy) is 1. The van der Waals surface area contributed by atoms with Crippen LogP contribution in [0.15, 0.2) is 66.7 Å². The van der Waals surface area contributed by atoms with Crippen LogP contribution in [0.1, 0.15) is 42.5 Å². The minimum absolute atomic E-state index is 0.0561. The summed E-state index contributed by atoms with van der Waals surface area (Å²) in [5.41, 5.74) is 1.24. The van der Waals surface area contributed by atoms with Crippen molar-refractivity contribution >= 4 is 28.3 Å². The summed E-state index contributed by atoms with van der Waals surface area (Å²) in [6.07, 6.45) is 5.72. The molecule has 0 radical (unpaired) electrons. The molecule has 1 aliphatic carbocycles. The van der Waals surface area contributed by atoms with Crippen molar-refractivity contribution in [3.8, 4) is 5.75 Å². The number of fused-ring (bicyclic) bond motifs is 1. The number of carbonyl (C=O) groups excluding carboxylic acids is 2. The molecule has 0 atom stereocenters. The van der Waals surface area contributed by atoms with Gasteiger partial charge in [0.05, 0.1) is 0 Å². The quantitative estimate of drug-likeness (QED) is 0.615. The van der Waals surface area contributed by atoms with E-state index in [-0.39, 0.29) is 24.5 Å². The number of nitrogens with one attached hydrogen (secondary N) is 2. The second-order valence-corrected chi connectivity index (χ2v) is 7.73. The summed E-state index contributed by atoms with van der Waals surface area (Å²) in [5, 5.41) is 8.10. The molecular formula is C25H26N2O3. The van der Waals surface area contributed by atoms with Gasteiger partial charge in [-0.05, 0) is 60.0 Å². The van der Waals surface area contributed by atoms with Gasteiger partial charge < -0.3 is 15.4 Å². The zero-order valence-corrected chi connectivity index (χ0v) is 16.9. The molecule has 1 aliphatic rings. The maximum Gasteiger partial charge on any atom is 0.262 e. The van der Waals surface area contributed by atoms with Crippen LogP contribution in [0.25, 0.3) is 10.8 Å². The summed E-state index contributed by atoms with van der Waals surface area (Å²) >= 11 is 0. The summed E-state index contributed by atoms with van der Waals surface area (Å²) in [7, 11) is 0. The van der Waals surface area contributed by atoms with Crippen molar-refractivity contribution in [1.29, 1.82) is 0 Å². The second kappa shape index (κ2) is 9.44. The molecular weight excluding hydrogens is 376 g/mol. The Morgan fingerprint density at radius 1 is 0.867 bits per heavy atom. The fourth-order valence-electron chi connectivity index (χ4n) is 3.82. The predicted octanol–water partition coefficient (Wildman–Crippen LogP) is 4.92. The van der Waals surface area contributed by atoms with E-state index < -0.39 is 0 Å². The third-order valence-electron chi connectivity index (χ3n) is 5.46. The Labute approximate surface area is 176 Å². The summed E-state index contributed by atoms with van der Waals surface area (Å²) < 4.78 is 5.62. The van der Waals surface area contributed by atoms with Gasteiger partial charge >= 0.3 is 0 Å². The molecule has 3 aromatic rings. The number of benzene rings is 3. The monoisotopic (exact) mass is 402 g/mol. The van der Waals surface area contributed by atoms with E-state index >= 15 is 0 Å². The van der Waals surface area contributed by atoms with E-state index in [1.54, 1.807) is 24.3 Å². The van der Waals surface area contributed by atoms with Crippen LogP contribution in [-0.4, -0.2) is 24.5 Å². The lowest BCUT2D eigenvalue weighted by Gasteiger charge is -2.22. The lowest BCUT2D eigenvalue weighted by molar-refractivity contribution is -0.118. The van der Waals surface area contributed by atoms with Gasteiger partial charge in [-0.2, -0.15) is 0 Å². The Bertz CT molecular complexity index is 1020. The van der Waals surface area contributed by atoms with Crippen LogP contribution in [0.2, 0.25) is 0 Å². The van der Waals surface area contributed by atoms with E-state index in [0.29, 0.717) is 17.0 Å². The molecule has 4 rings (SSSR count). The maximum atomic E-state index is 12.4. The summed E-state index contributed by atoms with van der Waals surface area (Å²) in [4.78, 5) is 24.6. The van der Waals surface area contributed by atoms with Crippen LogP contribution < -0.4 is 15.4 Å². The molecule has 30 heavy (non-hydrogen) atoms. The van der Waals surface area contributed by atoms with Crippen LogP contribution in [0.4, 0.5) is 5.69 Å². The van der Waals surface area contributed by atoms with Crippen molar-refractivity contribution < 1.29 is 14.3 Å². The normalized spacial score (nSPS) is 14.3. The van der Waals surface area contributed by atoms with Crippen molar-refractivity contribution in [2.24, 2.45) is 0 Å². The number of amides is 2. The summed E-state index contributed by atoms with van der Waals surface area (Å²) in [5.74, 6) is 0.348. The molecule has 1 saturated carbocycles. The zero-order valence-electron chi connectivity index (χ0n) is 16.9. The number of hydrogen-bond acceptors (Lipinski definition) is 3. The Kier molecular flexibility index (Phi) is 6.28. The highest BCUT2D eigenvalue weighted by molar-refractivity contribution is 5.96. The van der Waals surface area contributed by atoms with Crippen LogP contribution in [0.5, 0.6) is 5.75 Å². The molecule has 0 bridgehead atoms. The highest BCUT2D eigenvalue weighted by Crippen LogP contribution is 2.21. The van der Waals surface area contributed by atoms with Crippen LogP contribution in [-0.2, 0) is 4.79 Å². The average Bonchev–Trinajstić information content (AvgIpc) is 2.79. The first-order chi connectivity index (χ1) is 14.7. The molecule has 0 saturated heterocycles. The third-order valence-corrected chi connectivity index (χ3v) is 5.46. The molecule has 3 aromatic carbocycles. The molecule has 2 amide bonds. The number of rotatable bonds is 6. The lowest BCUT2D eigenvalue weighted by atomic mass is 9.95. The fourth-order valence-corrected chi connectivity index (χ4v) is 3.82. The highest BCUT2D eigenvalue weighted by atomic mass is 16.5. The molecule has 5 nitrogen and oxygen atoms in total. The van der Waals surface area contributed by atoms with Gasteiger partial charge in [-0.15, -0.1) is 0 Å². The smallest absolute Gasteiger partial charge is 0.262 e. The number of carbonyl (C=O) groups is 2. The lowest BCUT2D eigenvalue weighted by Crippen LogP contribution is -2.36. The minimum atomic E-state index is -0.248. The molecule has 154 valence electrons. The van der Waals surface area contributed by atoms with Gasteiger partial charge in [0.25, 0.3) is 11.8 Å². The van der Waals surface area contributed by atoms with Gasteiger partial charge in [-0.1, -0.05) is 49.6 Å². The maximum absolute atomic E-state index is 12.4. The third kappa shape index (κ3) is 5.17. The van der Waals surface area contributed by atoms with E-state index in [1.165, 1.54) is 19.3 Å². The van der Waals surface area contributed by atoms with Crippen molar-refractivity contribution in [3.05, 3.63) is 72.3 Å². The van der Waals surface area contributed by atoms with Crippen LogP contribution >= 0.6 is 0 Å². The van der Waals surface area contributed by atoms with Gasteiger partial charge in [-0.25, -0.2) is 0 Å². The van der Waals surface area contributed by atoms with Gasteiger partial charge in [0, 0.05) is 17.3 Å². The van der Waals surface area contributed by atoms with E-state index in [1.807, 2.05) is 42.5 Å². The van der Waals surface area contributed by atoms with E-state index in [0.717, 1.165) is 23.6 Å². The summed E-state index contributed by atoms with van der Waals surface area (Å²) in [6.45, 7) is -0.0811. The Balaban J connectivity index is 1.28. The Morgan fingerprint density at radius 3 is 2.37 bits per heavy atom. The van der Waals surface area contributed by atoms with Gasteiger partial charge in [0.2, 0.25) is 0 Å². The zero-order chi connectivity index (χ0) is 20.8. The van der Waals surface area contributed by atoms with Gasteiger partial charge in [-0.3, -0.25) is 9.59 Å². The number of anilines is 1. The molecule has 0 spiro atoms. The molecule has 0 aliphatic heterocycles. The standard InChI is InChI=1S/C25H26N2O3/c28-24(17-30-23-15-12-18-6-4-5-7-20(18)16-23)26-22-13-10-19(11-14-22)25(29)27-21-8-2-1-3-9-21/h4-7,10-16,21H,1-3,8-9,17H2,(H,26,28)(H,27,29). The first-order valence-corrected chi connectivity index (χ1v) is 10.5. The molecule has 0 aromatic heterocycles. The number of hydrogen-bond donors (Lipinski definition) is 2. The van der Waals surface area contributed by atoms with Crippen molar-refractivity contribution in [2.75, 3.05) is 11.9 Å². The summed E-state index contributed by atoms with van der Waals surface area (Å²) in [6, 6.07) is 21.0. The Hall–Kier alpha value is -3.34. The average molecular weight is 402 g/mol. The molecule has 0 heterocycles. The van der Waals surface area contributed by atoms with Crippen molar-refractivity contribution in [2.45, 2.75) is 38.1 Å². The van der Waals surface area contributed by atoms with E-state index in [9.17, 15) is 9.59 Å². The largest absolute Gasteiger partial charge is 0.484 e. The predicted molar refractivity (Wildman–Crippen MR) is 119 cm³/mol. The SMILES string of the molecule is O=C(COc1ccc2ccccc2c1)Nc1ccc(C(=O)NC2CCCCC2)cc1. The molecule has 1 fully saturated rings. The van der Waals surface area contributed by atoms with Crippen LogP contribution in [0.3, 0.4) is 0 Å². The first kappa shape index (κ1) is 20.0. The van der Waals surface area contributed by atoms with E-state index in [2.05, 4.69) is 10.6 Å². The topological polar surface area (TPSA) is 67.4 Å². The Morgan fingerprint density at radius 2 is 1.60 bits per heavy atom. The van der Waals surface area contributed by atoms with Gasteiger partial charge in [0.1, 0.15) is 5.75 Å². The van der Waals surface area contributed by atoms with E-state index in [4.69, 9.17) is 4.74 Å². The second-order valence-electron chi connectivity index (χ2n) is 7.73. The fraction of sp³-hybridized carbons (Fsp3) is 0.280. The first-order valence-electron chi connectivity index (χ1n) is 10.5. The minimum Gasteiger partial charge on any atom is -0.484 e. The molecule has 0 unspecified atom stereocenters.